The van der Waals surface area contributed by atoms with E-state index >= 15 is 0 Å². The first-order chi connectivity index (χ1) is 16.0. The molecule has 33 heavy (non-hydrogen) atoms. The molecule has 2 aliphatic heterocycles. The molecule has 0 unspecified atom stereocenters. The SMILES string of the molecule is CN1Cc2ccc(Nc3ncc4cc(C(F)F)cc(N5CCN(C6CC6)CC5)c4n3)cc2C1. The minimum absolute atomic E-state index is 0.0224. The van der Waals surface area contributed by atoms with Crippen molar-refractivity contribution in [2.24, 2.45) is 0 Å². The lowest BCUT2D eigenvalue weighted by atomic mass is 10.1. The molecule has 1 saturated heterocycles. The molecule has 0 spiro atoms. The largest absolute Gasteiger partial charge is 0.367 e. The van der Waals surface area contributed by atoms with Crippen LogP contribution >= 0.6 is 0 Å². The van der Waals surface area contributed by atoms with Crippen LogP contribution in [0.4, 0.5) is 26.1 Å². The highest BCUT2D eigenvalue weighted by Crippen LogP contribution is 2.34. The number of nitrogens with zero attached hydrogens (tertiary/aromatic N) is 5. The Hall–Kier alpha value is -2.84. The Kier molecular flexibility index (Phi) is 5.14. The van der Waals surface area contributed by atoms with Crippen LogP contribution in [0, 0.1) is 0 Å². The van der Waals surface area contributed by atoms with Gasteiger partial charge in [-0.2, -0.15) is 0 Å². The van der Waals surface area contributed by atoms with E-state index in [1.807, 2.05) is 6.07 Å². The lowest BCUT2D eigenvalue weighted by molar-refractivity contribution is 0.151. The van der Waals surface area contributed by atoms with Gasteiger partial charge in [-0.25, -0.2) is 18.7 Å². The van der Waals surface area contributed by atoms with Gasteiger partial charge < -0.3 is 10.2 Å². The van der Waals surface area contributed by atoms with Crippen LogP contribution in [-0.4, -0.2) is 59.0 Å². The summed E-state index contributed by atoms with van der Waals surface area (Å²) in [5, 5.41) is 3.97. The van der Waals surface area contributed by atoms with Gasteiger partial charge in [0.15, 0.2) is 0 Å². The van der Waals surface area contributed by atoms with Crippen molar-refractivity contribution in [2.75, 3.05) is 43.4 Å². The molecular weight excluding hydrogens is 422 g/mol. The van der Waals surface area contributed by atoms with Crippen LogP contribution in [0.3, 0.4) is 0 Å². The third-order valence-electron chi connectivity index (χ3n) is 7.00. The standard InChI is InChI=1S/C25H28F2N6/c1-31-14-16-2-3-20(11-19(16)15-31)29-25-28-13-18-10-17(24(26)27)12-22(23(18)30-25)33-8-6-32(7-9-33)21-4-5-21/h2-3,10-13,21,24H,4-9,14-15H2,1H3,(H,28,29,30). The van der Waals surface area contributed by atoms with Crippen LogP contribution in [0.5, 0.6) is 0 Å². The Morgan fingerprint density at radius 3 is 2.55 bits per heavy atom. The first-order valence-electron chi connectivity index (χ1n) is 11.7. The average molecular weight is 451 g/mol. The maximum absolute atomic E-state index is 13.6. The van der Waals surface area contributed by atoms with E-state index < -0.39 is 6.43 Å². The highest BCUT2D eigenvalue weighted by molar-refractivity contribution is 5.92. The third kappa shape index (κ3) is 4.13. The van der Waals surface area contributed by atoms with Crippen LogP contribution in [0.15, 0.2) is 36.5 Å². The zero-order valence-electron chi connectivity index (χ0n) is 18.8. The van der Waals surface area contributed by atoms with Gasteiger partial charge in [0.2, 0.25) is 5.95 Å². The predicted octanol–water partition coefficient (Wildman–Crippen LogP) is 4.54. The highest BCUT2D eigenvalue weighted by atomic mass is 19.3. The lowest BCUT2D eigenvalue weighted by Gasteiger charge is -2.36. The molecule has 6 nitrogen and oxygen atoms in total. The number of benzene rings is 2. The predicted molar refractivity (Wildman–Crippen MR) is 126 cm³/mol. The van der Waals surface area contributed by atoms with Crippen molar-refractivity contribution in [2.45, 2.75) is 38.4 Å². The Bertz CT molecular complexity index is 1190. The fraction of sp³-hybridized carbons (Fsp3) is 0.440. The minimum atomic E-state index is -2.52. The number of nitrogens with one attached hydrogen (secondary N) is 1. The fourth-order valence-electron chi connectivity index (χ4n) is 5.12. The van der Waals surface area contributed by atoms with Crippen molar-refractivity contribution < 1.29 is 8.78 Å². The Labute approximate surface area is 192 Å². The van der Waals surface area contributed by atoms with E-state index in [4.69, 9.17) is 4.98 Å². The molecule has 0 amide bonds. The van der Waals surface area contributed by atoms with Gasteiger partial charge in [-0.15, -0.1) is 0 Å². The Morgan fingerprint density at radius 1 is 1.00 bits per heavy atom. The quantitative estimate of drug-likeness (QED) is 0.616. The van der Waals surface area contributed by atoms with Crippen molar-refractivity contribution in [1.29, 1.82) is 0 Å². The molecule has 0 bridgehead atoms. The fourth-order valence-corrected chi connectivity index (χ4v) is 5.12. The summed E-state index contributed by atoms with van der Waals surface area (Å²) in [6, 6.07) is 10.2. The molecule has 3 aromatic rings. The number of anilines is 3. The number of piperazine rings is 1. The number of aromatic nitrogens is 2. The van der Waals surface area contributed by atoms with E-state index in [1.165, 1.54) is 30.0 Å². The van der Waals surface area contributed by atoms with Gasteiger partial charge in [-0.3, -0.25) is 9.80 Å². The average Bonchev–Trinajstić information content (AvgIpc) is 3.59. The zero-order valence-corrected chi connectivity index (χ0v) is 18.8. The van der Waals surface area contributed by atoms with Crippen LogP contribution in [0.25, 0.3) is 10.9 Å². The molecule has 3 aliphatic rings. The molecule has 2 aromatic carbocycles. The van der Waals surface area contributed by atoms with E-state index in [0.29, 0.717) is 11.3 Å². The Balaban J connectivity index is 1.32. The smallest absolute Gasteiger partial charge is 0.263 e. The van der Waals surface area contributed by atoms with Gasteiger partial charge in [0, 0.05) is 68.1 Å². The van der Waals surface area contributed by atoms with E-state index in [-0.39, 0.29) is 5.56 Å². The summed E-state index contributed by atoms with van der Waals surface area (Å²) in [6.07, 6.45) is 1.70. The highest BCUT2D eigenvalue weighted by Gasteiger charge is 2.32. The van der Waals surface area contributed by atoms with Crippen molar-refractivity contribution in [3.8, 4) is 0 Å². The molecule has 6 rings (SSSR count). The van der Waals surface area contributed by atoms with Crippen molar-refractivity contribution in [3.63, 3.8) is 0 Å². The van der Waals surface area contributed by atoms with Gasteiger partial charge in [0.1, 0.15) is 0 Å². The van der Waals surface area contributed by atoms with Gasteiger partial charge in [0.05, 0.1) is 11.2 Å². The topological polar surface area (TPSA) is 47.5 Å². The monoisotopic (exact) mass is 450 g/mol. The zero-order chi connectivity index (χ0) is 22.5. The van der Waals surface area contributed by atoms with Crippen LogP contribution in [0.1, 0.15) is 36.0 Å². The summed E-state index contributed by atoms with van der Waals surface area (Å²) >= 11 is 0. The number of alkyl halides is 2. The van der Waals surface area contributed by atoms with Gasteiger partial charge in [-0.1, -0.05) is 6.07 Å². The maximum atomic E-state index is 13.6. The minimum Gasteiger partial charge on any atom is -0.367 e. The van der Waals surface area contributed by atoms with Crippen molar-refractivity contribution >= 4 is 28.2 Å². The van der Waals surface area contributed by atoms with Gasteiger partial charge >= 0.3 is 0 Å². The summed E-state index contributed by atoms with van der Waals surface area (Å²) in [4.78, 5) is 16.2. The maximum Gasteiger partial charge on any atom is 0.263 e. The van der Waals surface area contributed by atoms with E-state index in [9.17, 15) is 8.78 Å². The number of fused-ring (bicyclic) bond motifs is 2. The number of rotatable bonds is 5. The molecule has 1 aromatic heterocycles. The first-order valence-corrected chi connectivity index (χ1v) is 11.7. The molecule has 8 heteroatoms. The summed E-state index contributed by atoms with van der Waals surface area (Å²) in [6.45, 7) is 5.46. The molecule has 3 heterocycles. The summed E-state index contributed by atoms with van der Waals surface area (Å²) in [5.41, 5.74) is 5.10. The molecule has 2 fully saturated rings. The second-order valence-corrected chi connectivity index (χ2v) is 9.51. The molecule has 1 aliphatic carbocycles. The number of hydrogen-bond donors (Lipinski definition) is 1. The molecule has 1 saturated carbocycles. The lowest BCUT2D eigenvalue weighted by Crippen LogP contribution is -2.47. The van der Waals surface area contributed by atoms with Crippen molar-refractivity contribution in [1.82, 2.24) is 19.8 Å². The van der Waals surface area contributed by atoms with E-state index in [1.54, 1.807) is 12.3 Å². The molecular formula is C25H28F2N6. The van der Waals surface area contributed by atoms with E-state index in [2.05, 4.69) is 44.2 Å². The number of halogens is 2. The molecule has 0 radical (unpaired) electrons. The molecule has 1 N–H and O–H groups in total. The summed E-state index contributed by atoms with van der Waals surface area (Å²) in [7, 11) is 2.11. The second kappa shape index (κ2) is 8.18. The first kappa shape index (κ1) is 20.7. The second-order valence-electron chi connectivity index (χ2n) is 9.51. The van der Waals surface area contributed by atoms with Crippen LogP contribution in [-0.2, 0) is 13.1 Å². The normalized spacial score (nSPS) is 19.5. The summed E-state index contributed by atoms with van der Waals surface area (Å²) < 4.78 is 27.3. The van der Waals surface area contributed by atoms with E-state index in [0.717, 1.165) is 62.2 Å². The van der Waals surface area contributed by atoms with Gasteiger partial charge in [-0.05, 0) is 55.3 Å². The van der Waals surface area contributed by atoms with Gasteiger partial charge in [0.25, 0.3) is 6.43 Å². The van der Waals surface area contributed by atoms with Crippen LogP contribution in [0.2, 0.25) is 0 Å². The molecule has 0 atom stereocenters. The molecule has 172 valence electrons. The van der Waals surface area contributed by atoms with Crippen LogP contribution < -0.4 is 10.2 Å². The number of hydrogen-bond acceptors (Lipinski definition) is 6. The van der Waals surface area contributed by atoms with Crippen molar-refractivity contribution in [3.05, 3.63) is 53.2 Å². The summed E-state index contributed by atoms with van der Waals surface area (Å²) in [5.74, 6) is 0.483. The third-order valence-corrected chi connectivity index (χ3v) is 7.00. The Morgan fingerprint density at radius 2 is 1.79 bits per heavy atom.